The fourth-order valence-corrected chi connectivity index (χ4v) is 6.07. The normalized spacial score (nSPS) is 19.5. The maximum Gasteiger partial charge on any atom is 0.321 e. The molecule has 2 aromatic rings. The van der Waals surface area contributed by atoms with Crippen LogP contribution < -0.4 is 16.0 Å². The second-order valence-electron chi connectivity index (χ2n) is 8.56. The number of nitrogens with one attached hydrogen (secondary N) is 3. The number of aryl methyl sites for hydroxylation is 1. The minimum Gasteiger partial charge on any atom is -0.354 e. The maximum atomic E-state index is 12.7. The van der Waals surface area contributed by atoms with E-state index < -0.39 is 0 Å². The number of thioether (sulfide) groups is 1. The molecule has 33 heavy (non-hydrogen) atoms. The van der Waals surface area contributed by atoms with E-state index in [4.69, 9.17) is 23.2 Å². The first-order valence-electron chi connectivity index (χ1n) is 11.1. The molecule has 3 amide bonds. The predicted octanol–water partition coefficient (Wildman–Crippen LogP) is 4.69. The number of carbonyl (C=O) groups is 2. The quantitative estimate of drug-likeness (QED) is 0.549. The lowest BCUT2D eigenvalue weighted by atomic mass is 10.0. The van der Waals surface area contributed by atoms with E-state index in [1.165, 1.54) is 0 Å². The topological polar surface area (TPSA) is 73.5 Å². The molecule has 0 saturated carbocycles. The second-order valence-corrected chi connectivity index (χ2v) is 10.8. The van der Waals surface area contributed by atoms with Crippen LogP contribution in [0.5, 0.6) is 0 Å². The number of piperidine rings is 1. The zero-order valence-electron chi connectivity index (χ0n) is 18.5. The molecule has 6 nitrogen and oxygen atoms in total. The standard InChI is InChI=1S/C24H28Cl2N4O2S/c1-16-2-6-19(7-3-16)28-23(32)30-12-9-24(10-13-30)29-21(15-33-24)22(31)27-11-8-17-4-5-18(25)14-20(17)26/h2-7,14,21,29H,8-13,15H2,1H3,(H,27,31)(H,28,32). The SMILES string of the molecule is Cc1ccc(NC(=O)N2CCC3(CC2)NC(C(=O)NCCc2ccc(Cl)cc2Cl)CS3)cc1. The van der Waals surface area contributed by atoms with E-state index in [2.05, 4.69) is 16.0 Å². The fraction of sp³-hybridized carbons (Fsp3) is 0.417. The van der Waals surface area contributed by atoms with Crippen LogP contribution >= 0.6 is 35.0 Å². The van der Waals surface area contributed by atoms with Crippen LogP contribution in [0, 0.1) is 6.92 Å². The first-order chi connectivity index (χ1) is 15.8. The Labute approximate surface area is 208 Å². The highest BCUT2D eigenvalue weighted by molar-refractivity contribution is 8.01. The first kappa shape index (κ1) is 24.2. The average molecular weight is 507 g/mol. The third kappa shape index (κ3) is 6.15. The minimum atomic E-state index is -0.233. The van der Waals surface area contributed by atoms with Gasteiger partial charge in [0.2, 0.25) is 5.91 Å². The summed E-state index contributed by atoms with van der Waals surface area (Å²) < 4.78 is 0. The van der Waals surface area contributed by atoms with E-state index in [-0.39, 0.29) is 22.9 Å². The summed E-state index contributed by atoms with van der Waals surface area (Å²) in [4.78, 5) is 27.0. The number of anilines is 1. The van der Waals surface area contributed by atoms with Crippen LogP contribution in [0.2, 0.25) is 10.0 Å². The summed E-state index contributed by atoms with van der Waals surface area (Å²) in [7, 11) is 0. The van der Waals surface area contributed by atoms with Gasteiger partial charge in [-0.2, -0.15) is 0 Å². The third-order valence-electron chi connectivity index (χ3n) is 6.15. The van der Waals surface area contributed by atoms with Crippen molar-refractivity contribution in [1.82, 2.24) is 15.5 Å². The molecule has 0 bridgehead atoms. The number of rotatable bonds is 5. The Bertz CT molecular complexity index is 1010. The van der Waals surface area contributed by atoms with Crippen LogP contribution in [0.25, 0.3) is 0 Å². The van der Waals surface area contributed by atoms with Crippen molar-refractivity contribution in [2.45, 2.75) is 37.1 Å². The van der Waals surface area contributed by atoms with Crippen LogP contribution in [0.3, 0.4) is 0 Å². The van der Waals surface area contributed by atoms with Crippen LogP contribution in [0.1, 0.15) is 24.0 Å². The summed E-state index contributed by atoms with van der Waals surface area (Å²) >= 11 is 13.9. The van der Waals surface area contributed by atoms with Gasteiger partial charge in [-0.1, -0.05) is 47.0 Å². The molecule has 2 aliphatic rings. The van der Waals surface area contributed by atoms with Gasteiger partial charge in [0.25, 0.3) is 0 Å². The van der Waals surface area contributed by atoms with Gasteiger partial charge in [-0.05, 0) is 56.0 Å². The van der Waals surface area contributed by atoms with Gasteiger partial charge in [-0.3, -0.25) is 10.1 Å². The number of likely N-dealkylation sites (tertiary alicyclic amines) is 1. The van der Waals surface area contributed by atoms with E-state index in [0.29, 0.717) is 36.1 Å². The van der Waals surface area contributed by atoms with Gasteiger partial charge in [0.05, 0.1) is 10.9 Å². The van der Waals surface area contributed by atoms with Crippen LogP contribution in [0.4, 0.5) is 10.5 Å². The molecule has 2 heterocycles. The van der Waals surface area contributed by atoms with E-state index in [9.17, 15) is 9.59 Å². The van der Waals surface area contributed by atoms with Crippen molar-refractivity contribution >= 4 is 52.6 Å². The Balaban J connectivity index is 1.21. The van der Waals surface area contributed by atoms with Crippen molar-refractivity contribution in [2.24, 2.45) is 0 Å². The largest absolute Gasteiger partial charge is 0.354 e. The molecule has 1 spiro atoms. The molecule has 0 aromatic heterocycles. The maximum absolute atomic E-state index is 12.7. The molecule has 176 valence electrons. The van der Waals surface area contributed by atoms with Crippen molar-refractivity contribution in [2.75, 3.05) is 30.7 Å². The molecule has 2 saturated heterocycles. The number of halogens is 2. The van der Waals surface area contributed by atoms with Gasteiger partial charge < -0.3 is 15.5 Å². The van der Waals surface area contributed by atoms with Crippen LogP contribution in [-0.2, 0) is 11.2 Å². The van der Waals surface area contributed by atoms with E-state index in [1.54, 1.807) is 23.9 Å². The lowest BCUT2D eigenvalue weighted by Gasteiger charge is -2.39. The van der Waals surface area contributed by atoms with Crippen LogP contribution in [0.15, 0.2) is 42.5 Å². The molecular formula is C24H28Cl2N4O2S. The van der Waals surface area contributed by atoms with Crippen molar-refractivity contribution in [3.63, 3.8) is 0 Å². The van der Waals surface area contributed by atoms with E-state index in [1.807, 2.05) is 42.2 Å². The summed E-state index contributed by atoms with van der Waals surface area (Å²) in [6, 6.07) is 12.9. The summed E-state index contributed by atoms with van der Waals surface area (Å²) in [6.45, 7) is 3.84. The molecule has 0 radical (unpaired) electrons. The second kappa shape index (κ2) is 10.6. The van der Waals surface area contributed by atoms with Gasteiger partial charge in [0, 0.05) is 41.1 Å². The van der Waals surface area contributed by atoms with Gasteiger partial charge in [0.15, 0.2) is 0 Å². The fourth-order valence-electron chi connectivity index (χ4n) is 4.15. The molecule has 9 heteroatoms. The molecule has 2 fully saturated rings. The third-order valence-corrected chi connectivity index (χ3v) is 8.32. The zero-order valence-corrected chi connectivity index (χ0v) is 20.8. The number of benzene rings is 2. The Hall–Kier alpha value is -1.93. The summed E-state index contributed by atoms with van der Waals surface area (Å²) in [5, 5.41) is 10.7. The average Bonchev–Trinajstić information content (AvgIpc) is 3.21. The zero-order chi connectivity index (χ0) is 23.4. The minimum absolute atomic E-state index is 0.00371. The van der Waals surface area contributed by atoms with E-state index >= 15 is 0 Å². The summed E-state index contributed by atoms with van der Waals surface area (Å²) in [6.07, 6.45) is 2.27. The Kier molecular flexibility index (Phi) is 7.74. The molecule has 2 aliphatic heterocycles. The van der Waals surface area contributed by atoms with Gasteiger partial charge in [0.1, 0.15) is 0 Å². The molecule has 2 aromatic carbocycles. The number of hydrogen-bond donors (Lipinski definition) is 3. The van der Waals surface area contributed by atoms with Crippen molar-refractivity contribution in [1.29, 1.82) is 0 Å². The van der Waals surface area contributed by atoms with Crippen molar-refractivity contribution in [3.8, 4) is 0 Å². The van der Waals surface area contributed by atoms with Crippen molar-refractivity contribution in [3.05, 3.63) is 63.6 Å². The molecule has 4 rings (SSSR count). The van der Waals surface area contributed by atoms with Gasteiger partial charge in [-0.25, -0.2) is 4.79 Å². The number of carbonyl (C=O) groups excluding carboxylic acids is 2. The molecule has 1 unspecified atom stereocenters. The highest BCUT2D eigenvalue weighted by Gasteiger charge is 2.44. The highest BCUT2D eigenvalue weighted by atomic mass is 35.5. The molecular weight excluding hydrogens is 479 g/mol. The van der Waals surface area contributed by atoms with E-state index in [0.717, 1.165) is 35.4 Å². The number of nitrogens with zero attached hydrogens (tertiary/aromatic N) is 1. The molecule has 1 atom stereocenters. The predicted molar refractivity (Wildman–Crippen MR) is 136 cm³/mol. The highest BCUT2D eigenvalue weighted by Crippen LogP contribution is 2.39. The van der Waals surface area contributed by atoms with Gasteiger partial charge in [-0.15, -0.1) is 11.8 Å². The summed E-state index contributed by atoms with van der Waals surface area (Å²) in [5.41, 5.74) is 2.92. The smallest absolute Gasteiger partial charge is 0.321 e. The Morgan fingerprint density at radius 3 is 2.58 bits per heavy atom. The lowest BCUT2D eigenvalue weighted by molar-refractivity contribution is -0.122. The lowest BCUT2D eigenvalue weighted by Crippen LogP contribution is -2.55. The Morgan fingerprint density at radius 1 is 1.15 bits per heavy atom. The monoisotopic (exact) mass is 506 g/mol. The number of urea groups is 1. The van der Waals surface area contributed by atoms with Gasteiger partial charge >= 0.3 is 6.03 Å². The van der Waals surface area contributed by atoms with Crippen molar-refractivity contribution < 1.29 is 9.59 Å². The van der Waals surface area contributed by atoms with Crippen LogP contribution in [-0.4, -0.2) is 53.1 Å². The molecule has 3 N–H and O–H groups in total. The summed E-state index contributed by atoms with van der Waals surface area (Å²) in [5.74, 6) is 0.729. The number of hydrogen-bond acceptors (Lipinski definition) is 4. The first-order valence-corrected chi connectivity index (χ1v) is 12.8. The molecule has 0 aliphatic carbocycles. The number of amides is 3. The Morgan fingerprint density at radius 2 is 1.88 bits per heavy atom.